The van der Waals surface area contributed by atoms with Gasteiger partial charge in [0.25, 0.3) is 0 Å². The summed E-state index contributed by atoms with van der Waals surface area (Å²) in [6.07, 6.45) is 2.63. The van der Waals surface area contributed by atoms with Gasteiger partial charge in [-0.25, -0.2) is 9.97 Å². The monoisotopic (exact) mass is 318 g/mol. The van der Waals surface area contributed by atoms with Gasteiger partial charge < -0.3 is 10.2 Å². The van der Waals surface area contributed by atoms with Crippen LogP contribution in [0.5, 0.6) is 0 Å². The Hall–Kier alpha value is -1.46. The zero-order chi connectivity index (χ0) is 13.2. The Bertz CT molecular complexity index is 600. The van der Waals surface area contributed by atoms with Crippen molar-refractivity contribution in [3.63, 3.8) is 0 Å². The number of hydrogen-bond acceptors (Lipinski definition) is 4. The van der Waals surface area contributed by atoms with E-state index in [0.717, 1.165) is 41.2 Å². The number of fused-ring (bicyclic) bond motifs is 1. The minimum Gasteiger partial charge on any atom is -0.328 e. The smallest absolute Gasteiger partial charge is 0.140 e. The second-order valence-electron chi connectivity index (χ2n) is 4.56. The molecule has 2 heterocycles. The maximum Gasteiger partial charge on any atom is 0.140 e. The van der Waals surface area contributed by atoms with Gasteiger partial charge in [-0.1, -0.05) is 12.1 Å². The summed E-state index contributed by atoms with van der Waals surface area (Å²) in [5.41, 5.74) is 3.46. The van der Waals surface area contributed by atoms with Crippen LogP contribution in [-0.2, 0) is 13.0 Å². The van der Waals surface area contributed by atoms with Crippen LogP contribution in [0.3, 0.4) is 0 Å². The topological polar surface area (TPSA) is 41.1 Å². The quantitative estimate of drug-likeness (QED) is 0.924. The summed E-state index contributed by atoms with van der Waals surface area (Å²) in [6, 6.07) is 8.16. The molecule has 0 amide bonds. The van der Waals surface area contributed by atoms with Crippen LogP contribution in [0.1, 0.15) is 11.3 Å². The van der Waals surface area contributed by atoms with Gasteiger partial charge in [0.15, 0.2) is 0 Å². The molecule has 0 bridgehead atoms. The highest BCUT2D eigenvalue weighted by atomic mass is 79.9. The maximum absolute atomic E-state index is 4.46. The van der Waals surface area contributed by atoms with Gasteiger partial charge in [0.2, 0.25) is 0 Å². The molecule has 0 unspecified atom stereocenters. The van der Waals surface area contributed by atoms with E-state index >= 15 is 0 Å². The fourth-order valence-corrected chi connectivity index (χ4v) is 2.93. The molecule has 0 aliphatic carbocycles. The highest BCUT2D eigenvalue weighted by Crippen LogP contribution is 2.32. The molecule has 4 nitrogen and oxygen atoms in total. The Morgan fingerprint density at radius 1 is 1.26 bits per heavy atom. The molecule has 1 aliphatic rings. The molecule has 0 saturated carbocycles. The molecule has 5 heteroatoms. The zero-order valence-electron chi connectivity index (χ0n) is 10.7. The first kappa shape index (κ1) is 12.6. The molecule has 1 aromatic carbocycles. The first-order chi connectivity index (χ1) is 9.27. The van der Waals surface area contributed by atoms with Crippen molar-refractivity contribution in [1.29, 1.82) is 0 Å². The van der Waals surface area contributed by atoms with Crippen molar-refractivity contribution in [2.75, 3.05) is 18.5 Å². The van der Waals surface area contributed by atoms with Crippen molar-refractivity contribution < 1.29 is 0 Å². The van der Waals surface area contributed by atoms with E-state index in [9.17, 15) is 0 Å². The SMILES string of the molecule is CN(c1ccccc1Br)c1ncnc2c1CNCC2. The number of nitrogens with zero attached hydrogens (tertiary/aromatic N) is 3. The summed E-state index contributed by atoms with van der Waals surface area (Å²) in [5, 5.41) is 3.38. The summed E-state index contributed by atoms with van der Waals surface area (Å²) in [5.74, 6) is 0.976. The number of halogens is 1. The molecular weight excluding hydrogens is 304 g/mol. The first-order valence-corrected chi connectivity index (χ1v) is 7.08. The largest absolute Gasteiger partial charge is 0.328 e. The highest BCUT2D eigenvalue weighted by Gasteiger charge is 2.19. The van der Waals surface area contributed by atoms with Crippen molar-refractivity contribution in [3.8, 4) is 0 Å². The molecule has 1 N–H and O–H groups in total. The molecule has 1 aliphatic heterocycles. The molecule has 1 aromatic heterocycles. The predicted octanol–water partition coefficient (Wildman–Crippen LogP) is 2.65. The average molecular weight is 319 g/mol. The number of para-hydroxylation sites is 1. The molecule has 19 heavy (non-hydrogen) atoms. The lowest BCUT2D eigenvalue weighted by Gasteiger charge is -2.25. The minimum absolute atomic E-state index is 0.834. The second kappa shape index (κ2) is 5.27. The van der Waals surface area contributed by atoms with E-state index in [1.807, 2.05) is 25.2 Å². The van der Waals surface area contributed by atoms with E-state index in [1.165, 1.54) is 5.56 Å². The molecular formula is C14H15BrN4. The average Bonchev–Trinajstić information content (AvgIpc) is 2.46. The molecule has 98 valence electrons. The number of anilines is 2. The van der Waals surface area contributed by atoms with Crippen LogP contribution in [0, 0.1) is 0 Å². The maximum atomic E-state index is 4.46. The molecule has 0 atom stereocenters. The molecule has 0 saturated heterocycles. The fraction of sp³-hybridized carbons (Fsp3) is 0.286. The van der Waals surface area contributed by atoms with Crippen LogP contribution in [0.2, 0.25) is 0 Å². The van der Waals surface area contributed by atoms with E-state index in [-0.39, 0.29) is 0 Å². The van der Waals surface area contributed by atoms with Gasteiger partial charge in [-0.3, -0.25) is 0 Å². The number of aromatic nitrogens is 2. The Labute approximate surface area is 121 Å². The second-order valence-corrected chi connectivity index (χ2v) is 5.41. The van der Waals surface area contributed by atoms with Gasteiger partial charge in [0.1, 0.15) is 12.1 Å². The van der Waals surface area contributed by atoms with E-state index in [0.29, 0.717) is 0 Å². The summed E-state index contributed by atoms with van der Waals surface area (Å²) < 4.78 is 1.06. The summed E-state index contributed by atoms with van der Waals surface area (Å²) in [4.78, 5) is 11.0. The van der Waals surface area contributed by atoms with Gasteiger partial charge in [0.05, 0.1) is 11.4 Å². The van der Waals surface area contributed by atoms with Crippen LogP contribution < -0.4 is 10.2 Å². The van der Waals surface area contributed by atoms with Crippen LogP contribution >= 0.6 is 15.9 Å². The summed E-state index contributed by atoms with van der Waals surface area (Å²) in [6.45, 7) is 1.82. The van der Waals surface area contributed by atoms with Crippen LogP contribution in [0.15, 0.2) is 35.1 Å². The zero-order valence-corrected chi connectivity index (χ0v) is 12.3. The first-order valence-electron chi connectivity index (χ1n) is 6.29. The fourth-order valence-electron chi connectivity index (χ4n) is 2.38. The van der Waals surface area contributed by atoms with Gasteiger partial charge in [-0.05, 0) is 28.1 Å². The van der Waals surface area contributed by atoms with E-state index < -0.39 is 0 Å². The Morgan fingerprint density at radius 2 is 2.11 bits per heavy atom. The Balaban J connectivity index is 2.05. The van der Waals surface area contributed by atoms with Crippen LogP contribution in [0.25, 0.3) is 0 Å². The minimum atomic E-state index is 0.834. The Morgan fingerprint density at radius 3 is 2.95 bits per heavy atom. The molecule has 3 rings (SSSR count). The van der Waals surface area contributed by atoms with Gasteiger partial charge >= 0.3 is 0 Å². The highest BCUT2D eigenvalue weighted by molar-refractivity contribution is 9.10. The van der Waals surface area contributed by atoms with Gasteiger partial charge in [0, 0.05) is 36.6 Å². The van der Waals surface area contributed by atoms with Gasteiger partial charge in [-0.2, -0.15) is 0 Å². The lowest BCUT2D eigenvalue weighted by molar-refractivity contribution is 0.625. The van der Waals surface area contributed by atoms with Crippen LogP contribution in [0.4, 0.5) is 11.5 Å². The molecule has 0 radical (unpaired) electrons. The third-order valence-corrected chi connectivity index (χ3v) is 4.05. The third-order valence-electron chi connectivity index (χ3n) is 3.38. The number of benzene rings is 1. The standard InChI is InChI=1S/C14H15BrN4/c1-19(13-5-3-2-4-11(13)15)14-10-8-16-7-6-12(10)17-9-18-14/h2-5,9,16H,6-8H2,1H3. The lowest BCUT2D eigenvalue weighted by Crippen LogP contribution is -2.27. The van der Waals surface area contributed by atoms with E-state index in [1.54, 1.807) is 6.33 Å². The Kier molecular flexibility index (Phi) is 3.48. The van der Waals surface area contributed by atoms with E-state index in [4.69, 9.17) is 0 Å². The summed E-state index contributed by atoms with van der Waals surface area (Å²) in [7, 11) is 2.04. The number of nitrogens with one attached hydrogen (secondary N) is 1. The number of hydrogen-bond donors (Lipinski definition) is 1. The molecule has 2 aromatic rings. The van der Waals surface area contributed by atoms with Crippen LogP contribution in [-0.4, -0.2) is 23.6 Å². The van der Waals surface area contributed by atoms with Gasteiger partial charge in [-0.15, -0.1) is 0 Å². The molecule has 0 spiro atoms. The normalized spacial score (nSPS) is 14.0. The molecule has 0 fully saturated rings. The van der Waals surface area contributed by atoms with Crippen molar-refractivity contribution in [3.05, 3.63) is 46.3 Å². The predicted molar refractivity (Wildman–Crippen MR) is 79.6 cm³/mol. The number of rotatable bonds is 2. The summed E-state index contributed by atoms with van der Waals surface area (Å²) >= 11 is 3.59. The van der Waals surface area contributed by atoms with Crippen molar-refractivity contribution in [2.45, 2.75) is 13.0 Å². The third kappa shape index (κ3) is 2.35. The van der Waals surface area contributed by atoms with E-state index in [2.05, 4.69) is 42.2 Å². The van der Waals surface area contributed by atoms with Crippen molar-refractivity contribution in [1.82, 2.24) is 15.3 Å². The van der Waals surface area contributed by atoms with Crippen molar-refractivity contribution in [2.24, 2.45) is 0 Å². The lowest BCUT2D eigenvalue weighted by atomic mass is 10.1. The van der Waals surface area contributed by atoms with Crippen molar-refractivity contribution >= 4 is 27.4 Å².